The zero-order valence-electron chi connectivity index (χ0n) is 13.8. The molecule has 2 bridgehead atoms. The molecule has 0 aromatic carbocycles. The lowest BCUT2D eigenvalue weighted by Gasteiger charge is -2.42. The molecule has 2 N–H and O–H groups in total. The molecule has 0 amide bonds. The molecule has 4 heteroatoms. The van der Waals surface area contributed by atoms with Crippen LogP contribution in [0.15, 0.2) is 0 Å². The zero-order valence-corrected chi connectivity index (χ0v) is 13.8. The van der Waals surface area contributed by atoms with E-state index in [4.69, 9.17) is 5.73 Å². The molecule has 0 aromatic heterocycles. The van der Waals surface area contributed by atoms with Crippen molar-refractivity contribution in [3.05, 3.63) is 0 Å². The molecule has 1 saturated carbocycles. The summed E-state index contributed by atoms with van der Waals surface area (Å²) < 4.78 is 0. The Morgan fingerprint density at radius 3 is 2.48 bits per heavy atom. The van der Waals surface area contributed by atoms with Crippen LogP contribution in [0.2, 0.25) is 0 Å². The maximum atomic E-state index is 6.35. The van der Waals surface area contributed by atoms with Gasteiger partial charge in [0.2, 0.25) is 0 Å². The van der Waals surface area contributed by atoms with Gasteiger partial charge in [-0.3, -0.25) is 14.7 Å². The van der Waals surface area contributed by atoms with E-state index in [2.05, 4.69) is 28.7 Å². The molecule has 0 radical (unpaired) electrons. The quantitative estimate of drug-likeness (QED) is 0.845. The average Bonchev–Trinajstić information content (AvgIpc) is 3.18. The SMILES string of the molecule is CC1CC(CN)(N2CCC3CCC(C2)N3C)CN1C1CC1. The lowest BCUT2D eigenvalue weighted by molar-refractivity contribution is 0.0863. The molecule has 4 unspecified atom stereocenters. The summed E-state index contributed by atoms with van der Waals surface area (Å²) in [5.74, 6) is 0. The van der Waals surface area contributed by atoms with Gasteiger partial charge in [0.1, 0.15) is 0 Å². The van der Waals surface area contributed by atoms with Gasteiger partial charge in [-0.2, -0.15) is 0 Å². The minimum absolute atomic E-state index is 0.257. The lowest BCUT2D eigenvalue weighted by atomic mass is 9.92. The van der Waals surface area contributed by atoms with E-state index in [-0.39, 0.29) is 5.54 Å². The van der Waals surface area contributed by atoms with E-state index in [0.717, 1.165) is 30.7 Å². The highest BCUT2D eigenvalue weighted by Gasteiger charge is 2.50. The van der Waals surface area contributed by atoms with Crippen molar-refractivity contribution < 1.29 is 0 Å². The molecule has 4 nitrogen and oxygen atoms in total. The largest absolute Gasteiger partial charge is 0.329 e. The third-order valence-corrected chi connectivity index (χ3v) is 6.93. The summed E-state index contributed by atoms with van der Waals surface area (Å²) >= 11 is 0. The Morgan fingerprint density at radius 2 is 1.76 bits per heavy atom. The summed E-state index contributed by atoms with van der Waals surface area (Å²) in [6, 6.07) is 3.19. The Kier molecular flexibility index (Phi) is 3.57. The summed E-state index contributed by atoms with van der Waals surface area (Å²) in [6.07, 6.45) is 8.25. The van der Waals surface area contributed by atoms with Gasteiger partial charge < -0.3 is 5.73 Å². The maximum Gasteiger partial charge on any atom is 0.0474 e. The number of hydrogen-bond donors (Lipinski definition) is 1. The molecule has 1 aliphatic carbocycles. The molecular formula is C17H32N4. The standard InChI is InChI=1S/C17H32N4/c1-13-9-17(11-18,12-21(13)15-4-5-15)20-8-7-14-3-6-16(10-20)19(14)2/h13-16H,3-12,18H2,1-2H3. The molecule has 4 aliphatic rings. The van der Waals surface area contributed by atoms with Crippen molar-refractivity contribution in [2.24, 2.45) is 5.73 Å². The number of fused-ring (bicyclic) bond motifs is 2. The van der Waals surface area contributed by atoms with Crippen molar-refractivity contribution >= 4 is 0 Å². The smallest absolute Gasteiger partial charge is 0.0474 e. The fourth-order valence-electron chi connectivity index (χ4n) is 5.37. The number of hydrogen-bond acceptors (Lipinski definition) is 4. The van der Waals surface area contributed by atoms with Crippen LogP contribution in [0.1, 0.15) is 45.4 Å². The van der Waals surface area contributed by atoms with Gasteiger partial charge >= 0.3 is 0 Å². The molecule has 4 fully saturated rings. The maximum absolute atomic E-state index is 6.35. The summed E-state index contributed by atoms with van der Waals surface area (Å²) in [7, 11) is 2.34. The number of rotatable bonds is 3. The molecule has 3 saturated heterocycles. The van der Waals surface area contributed by atoms with Gasteiger partial charge in [0.05, 0.1) is 0 Å². The molecule has 3 heterocycles. The van der Waals surface area contributed by atoms with Gasteiger partial charge in [-0.05, 0) is 52.5 Å². The van der Waals surface area contributed by atoms with Crippen LogP contribution in [0, 0.1) is 0 Å². The number of likely N-dealkylation sites (N-methyl/N-ethyl adjacent to an activating group) is 1. The van der Waals surface area contributed by atoms with Gasteiger partial charge in [0.25, 0.3) is 0 Å². The van der Waals surface area contributed by atoms with E-state index < -0.39 is 0 Å². The fraction of sp³-hybridized carbons (Fsp3) is 1.00. The van der Waals surface area contributed by atoms with Crippen molar-refractivity contribution in [1.29, 1.82) is 0 Å². The minimum atomic E-state index is 0.257. The predicted molar refractivity (Wildman–Crippen MR) is 86.4 cm³/mol. The van der Waals surface area contributed by atoms with Gasteiger partial charge in [0.15, 0.2) is 0 Å². The Bertz CT molecular complexity index is 396. The van der Waals surface area contributed by atoms with Gasteiger partial charge in [0, 0.05) is 55.9 Å². The van der Waals surface area contributed by atoms with Crippen LogP contribution in [-0.4, -0.2) is 77.6 Å². The highest BCUT2D eigenvalue weighted by Crippen LogP contribution is 2.41. The van der Waals surface area contributed by atoms with Crippen molar-refractivity contribution in [3.8, 4) is 0 Å². The van der Waals surface area contributed by atoms with Crippen LogP contribution < -0.4 is 5.73 Å². The Morgan fingerprint density at radius 1 is 1.05 bits per heavy atom. The van der Waals surface area contributed by atoms with E-state index in [0.29, 0.717) is 0 Å². The van der Waals surface area contributed by atoms with Crippen molar-refractivity contribution in [2.75, 3.05) is 33.2 Å². The molecule has 0 spiro atoms. The second kappa shape index (κ2) is 5.19. The van der Waals surface area contributed by atoms with E-state index in [1.54, 1.807) is 0 Å². The first kappa shape index (κ1) is 14.4. The van der Waals surface area contributed by atoms with E-state index in [1.807, 2.05) is 0 Å². The highest BCUT2D eigenvalue weighted by molar-refractivity contribution is 5.08. The first-order chi connectivity index (χ1) is 10.1. The van der Waals surface area contributed by atoms with E-state index >= 15 is 0 Å². The second-order valence-corrected chi connectivity index (χ2v) is 8.17. The number of nitrogens with zero attached hydrogens (tertiary/aromatic N) is 3. The van der Waals surface area contributed by atoms with Crippen molar-refractivity contribution in [3.63, 3.8) is 0 Å². The van der Waals surface area contributed by atoms with Crippen LogP contribution in [0.4, 0.5) is 0 Å². The van der Waals surface area contributed by atoms with Crippen molar-refractivity contribution in [2.45, 2.75) is 75.2 Å². The topological polar surface area (TPSA) is 35.7 Å². The van der Waals surface area contributed by atoms with E-state index in [1.165, 1.54) is 58.2 Å². The number of likely N-dealkylation sites (tertiary alicyclic amines) is 2. The lowest BCUT2D eigenvalue weighted by Crippen LogP contribution is -2.58. The number of nitrogens with two attached hydrogens (primary N) is 1. The average molecular weight is 292 g/mol. The first-order valence-electron chi connectivity index (χ1n) is 9.06. The van der Waals surface area contributed by atoms with Crippen LogP contribution in [-0.2, 0) is 0 Å². The molecule has 0 aromatic rings. The second-order valence-electron chi connectivity index (χ2n) is 8.17. The van der Waals surface area contributed by atoms with Crippen LogP contribution >= 0.6 is 0 Å². The van der Waals surface area contributed by atoms with Gasteiger partial charge in [-0.25, -0.2) is 0 Å². The molecule has 3 aliphatic heterocycles. The normalized spacial score (nSPS) is 46.1. The monoisotopic (exact) mass is 292 g/mol. The third-order valence-electron chi connectivity index (χ3n) is 6.93. The molecule has 4 rings (SSSR count). The summed E-state index contributed by atoms with van der Waals surface area (Å²) in [5.41, 5.74) is 6.60. The van der Waals surface area contributed by atoms with Crippen LogP contribution in [0.3, 0.4) is 0 Å². The summed E-state index contributed by atoms with van der Waals surface area (Å²) in [6.45, 7) is 6.98. The van der Waals surface area contributed by atoms with Crippen LogP contribution in [0.25, 0.3) is 0 Å². The highest BCUT2D eigenvalue weighted by atomic mass is 15.4. The third kappa shape index (κ3) is 2.35. The van der Waals surface area contributed by atoms with Crippen LogP contribution in [0.5, 0.6) is 0 Å². The predicted octanol–water partition coefficient (Wildman–Crippen LogP) is 1.11. The molecule has 120 valence electrons. The first-order valence-corrected chi connectivity index (χ1v) is 9.06. The molecular weight excluding hydrogens is 260 g/mol. The fourth-order valence-corrected chi connectivity index (χ4v) is 5.37. The Labute approximate surface area is 129 Å². The molecule has 21 heavy (non-hydrogen) atoms. The summed E-state index contributed by atoms with van der Waals surface area (Å²) in [4.78, 5) is 8.22. The zero-order chi connectivity index (χ0) is 14.6. The Hall–Kier alpha value is -0.160. The van der Waals surface area contributed by atoms with Gasteiger partial charge in [-0.15, -0.1) is 0 Å². The van der Waals surface area contributed by atoms with E-state index in [9.17, 15) is 0 Å². The minimum Gasteiger partial charge on any atom is -0.329 e. The summed E-state index contributed by atoms with van der Waals surface area (Å²) in [5, 5.41) is 0. The Balaban J connectivity index is 1.53. The van der Waals surface area contributed by atoms with Crippen molar-refractivity contribution in [1.82, 2.24) is 14.7 Å². The molecule has 4 atom stereocenters. The van der Waals surface area contributed by atoms with Gasteiger partial charge in [-0.1, -0.05) is 0 Å².